The van der Waals surface area contributed by atoms with Gasteiger partial charge in [-0.15, -0.1) is 0 Å². The normalized spacial score (nSPS) is 12.6. The standard InChI is InChI=1S/C16H23N3/c1-4-10-18-16(15-11-17-12-19(15)3)14-8-6-13(5-2)7-9-14/h6-9,11-12,16,18H,4-5,10H2,1-3H3. The first kappa shape index (κ1) is 13.8. The van der Waals surface area contributed by atoms with Crippen molar-refractivity contribution in [2.75, 3.05) is 6.54 Å². The van der Waals surface area contributed by atoms with E-state index in [0.29, 0.717) is 0 Å². The fraction of sp³-hybridized carbons (Fsp3) is 0.438. The predicted octanol–water partition coefficient (Wildman–Crippen LogP) is 3.07. The first-order valence-corrected chi connectivity index (χ1v) is 7.04. The fourth-order valence-electron chi connectivity index (χ4n) is 2.27. The van der Waals surface area contributed by atoms with E-state index in [4.69, 9.17) is 0 Å². The Hall–Kier alpha value is -1.61. The van der Waals surface area contributed by atoms with Gasteiger partial charge in [-0.2, -0.15) is 0 Å². The van der Waals surface area contributed by atoms with E-state index in [1.807, 2.05) is 19.6 Å². The van der Waals surface area contributed by atoms with Crippen molar-refractivity contribution in [1.82, 2.24) is 14.9 Å². The Labute approximate surface area is 115 Å². The molecule has 3 nitrogen and oxygen atoms in total. The van der Waals surface area contributed by atoms with E-state index >= 15 is 0 Å². The van der Waals surface area contributed by atoms with E-state index in [1.54, 1.807) is 0 Å². The summed E-state index contributed by atoms with van der Waals surface area (Å²) in [6.07, 6.45) is 6.01. The van der Waals surface area contributed by atoms with Crippen LogP contribution in [0.15, 0.2) is 36.8 Å². The third-order valence-electron chi connectivity index (χ3n) is 3.47. The highest BCUT2D eigenvalue weighted by molar-refractivity contribution is 5.30. The number of hydrogen-bond donors (Lipinski definition) is 1. The number of benzene rings is 1. The van der Waals surface area contributed by atoms with Gasteiger partial charge in [-0.05, 0) is 30.5 Å². The third-order valence-corrected chi connectivity index (χ3v) is 3.47. The molecule has 0 saturated heterocycles. The summed E-state index contributed by atoms with van der Waals surface area (Å²) in [5, 5.41) is 3.61. The minimum absolute atomic E-state index is 0.221. The topological polar surface area (TPSA) is 29.9 Å². The van der Waals surface area contributed by atoms with Crippen molar-refractivity contribution in [2.24, 2.45) is 7.05 Å². The molecule has 0 spiro atoms. The summed E-state index contributed by atoms with van der Waals surface area (Å²) in [6, 6.07) is 9.09. The summed E-state index contributed by atoms with van der Waals surface area (Å²) in [7, 11) is 2.05. The Morgan fingerprint density at radius 1 is 1.21 bits per heavy atom. The second-order valence-corrected chi connectivity index (χ2v) is 4.91. The van der Waals surface area contributed by atoms with E-state index in [2.05, 4.69) is 53.0 Å². The number of aryl methyl sites for hydroxylation is 2. The summed E-state index contributed by atoms with van der Waals surface area (Å²) in [4.78, 5) is 4.23. The second kappa shape index (κ2) is 6.53. The lowest BCUT2D eigenvalue weighted by Crippen LogP contribution is -2.25. The van der Waals surface area contributed by atoms with Crippen LogP contribution < -0.4 is 5.32 Å². The molecule has 19 heavy (non-hydrogen) atoms. The fourth-order valence-corrected chi connectivity index (χ4v) is 2.27. The quantitative estimate of drug-likeness (QED) is 0.862. The molecule has 0 fully saturated rings. The van der Waals surface area contributed by atoms with Crippen LogP contribution in [0.25, 0.3) is 0 Å². The Morgan fingerprint density at radius 2 is 1.95 bits per heavy atom. The second-order valence-electron chi connectivity index (χ2n) is 4.91. The SMILES string of the molecule is CCCNC(c1ccc(CC)cc1)c1cncn1C. The van der Waals surface area contributed by atoms with Gasteiger partial charge in [0.25, 0.3) is 0 Å². The van der Waals surface area contributed by atoms with Gasteiger partial charge in [0, 0.05) is 7.05 Å². The molecule has 1 N–H and O–H groups in total. The largest absolute Gasteiger partial charge is 0.336 e. The Morgan fingerprint density at radius 3 is 2.47 bits per heavy atom. The summed E-state index contributed by atoms with van der Waals surface area (Å²) in [5.41, 5.74) is 3.88. The van der Waals surface area contributed by atoms with Gasteiger partial charge in [0.1, 0.15) is 0 Å². The molecule has 3 heteroatoms. The van der Waals surface area contributed by atoms with Crippen molar-refractivity contribution in [3.63, 3.8) is 0 Å². The van der Waals surface area contributed by atoms with E-state index in [0.717, 1.165) is 19.4 Å². The molecule has 102 valence electrons. The summed E-state index contributed by atoms with van der Waals surface area (Å²) in [5.74, 6) is 0. The van der Waals surface area contributed by atoms with Gasteiger partial charge < -0.3 is 9.88 Å². The van der Waals surface area contributed by atoms with Crippen LogP contribution in [0.5, 0.6) is 0 Å². The van der Waals surface area contributed by atoms with Crippen molar-refractivity contribution in [1.29, 1.82) is 0 Å². The lowest BCUT2D eigenvalue weighted by molar-refractivity contribution is 0.569. The van der Waals surface area contributed by atoms with Crippen molar-refractivity contribution in [3.8, 4) is 0 Å². The maximum absolute atomic E-state index is 4.23. The highest BCUT2D eigenvalue weighted by Crippen LogP contribution is 2.22. The first-order chi connectivity index (χ1) is 9.26. The highest BCUT2D eigenvalue weighted by atomic mass is 15.1. The van der Waals surface area contributed by atoms with Gasteiger partial charge in [0.05, 0.1) is 24.3 Å². The molecule has 0 radical (unpaired) electrons. The maximum Gasteiger partial charge on any atom is 0.0946 e. The molecule has 0 aliphatic rings. The Kier molecular flexibility index (Phi) is 4.74. The maximum atomic E-state index is 4.23. The molecule has 0 amide bonds. The summed E-state index contributed by atoms with van der Waals surface area (Å²) in [6.45, 7) is 5.38. The number of aromatic nitrogens is 2. The van der Waals surface area contributed by atoms with Crippen LogP contribution in [-0.4, -0.2) is 16.1 Å². The van der Waals surface area contributed by atoms with Crippen LogP contribution >= 0.6 is 0 Å². The van der Waals surface area contributed by atoms with Crippen LogP contribution in [0.2, 0.25) is 0 Å². The minimum Gasteiger partial charge on any atom is -0.336 e. The lowest BCUT2D eigenvalue weighted by Gasteiger charge is -2.19. The van der Waals surface area contributed by atoms with E-state index < -0.39 is 0 Å². The average molecular weight is 257 g/mol. The predicted molar refractivity (Wildman–Crippen MR) is 79.2 cm³/mol. The molecule has 0 saturated carbocycles. The molecule has 1 aromatic heterocycles. The zero-order valence-corrected chi connectivity index (χ0v) is 12.1. The first-order valence-electron chi connectivity index (χ1n) is 7.04. The monoisotopic (exact) mass is 257 g/mol. The lowest BCUT2D eigenvalue weighted by atomic mass is 10.0. The molecule has 1 aromatic carbocycles. The smallest absolute Gasteiger partial charge is 0.0946 e. The van der Waals surface area contributed by atoms with Gasteiger partial charge in [0.15, 0.2) is 0 Å². The third kappa shape index (κ3) is 3.24. The van der Waals surface area contributed by atoms with E-state index in [1.165, 1.54) is 16.8 Å². The van der Waals surface area contributed by atoms with Crippen LogP contribution in [0, 0.1) is 0 Å². The van der Waals surface area contributed by atoms with Gasteiger partial charge in [-0.3, -0.25) is 0 Å². The number of rotatable bonds is 6. The van der Waals surface area contributed by atoms with E-state index in [-0.39, 0.29) is 6.04 Å². The van der Waals surface area contributed by atoms with Gasteiger partial charge in [0.2, 0.25) is 0 Å². The molecule has 0 aliphatic heterocycles. The van der Waals surface area contributed by atoms with Crippen molar-refractivity contribution in [2.45, 2.75) is 32.7 Å². The number of nitrogens with one attached hydrogen (secondary N) is 1. The summed E-state index contributed by atoms with van der Waals surface area (Å²) >= 11 is 0. The Bertz CT molecular complexity index is 499. The molecule has 2 aromatic rings. The highest BCUT2D eigenvalue weighted by Gasteiger charge is 2.16. The van der Waals surface area contributed by atoms with E-state index in [9.17, 15) is 0 Å². The molecule has 1 atom stereocenters. The molecular weight excluding hydrogens is 234 g/mol. The number of nitrogens with zero attached hydrogens (tertiary/aromatic N) is 2. The van der Waals surface area contributed by atoms with Crippen LogP contribution in [0.4, 0.5) is 0 Å². The van der Waals surface area contributed by atoms with Crippen molar-refractivity contribution >= 4 is 0 Å². The number of imidazole rings is 1. The Balaban J connectivity index is 2.28. The van der Waals surface area contributed by atoms with Crippen molar-refractivity contribution < 1.29 is 0 Å². The average Bonchev–Trinajstić information content (AvgIpc) is 2.86. The van der Waals surface area contributed by atoms with Crippen LogP contribution in [0.1, 0.15) is 43.1 Å². The molecule has 1 unspecified atom stereocenters. The molecular formula is C16H23N3. The molecule has 0 bridgehead atoms. The zero-order valence-electron chi connectivity index (χ0n) is 12.1. The van der Waals surface area contributed by atoms with Crippen LogP contribution in [-0.2, 0) is 13.5 Å². The van der Waals surface area contributed by atoms with Gasteiger partial charge in [-0.1, -0.05) is 38.1 Å². The van der Waals surface area contributed by atoms with Crippen LogP contribution in [0.3, 0.4) is 0 Å². The van der Waals surface area contributed by atoms with Crippen molar-refractivity contribution in [3.05, 3.63) is 53.6 Å². The minimum atomic E-state index is 0.221. The van der Waals surface area contributed by atoms with Gasteiger partial charge in [-0.25, -0.2) is 4.98 Å². The number of hydrogen-bond acceptors (Lipinski definition) is 2. The zero-order chi connectivity index (χ0) is 13.7. The molecule has 0 aliphatic carbocycles. The molecule has 1 heterocycles. The molecule has 2 rings (SSSR count). The summed E-state index contributed by atoms with van der Waals surface area (Å²) < 4.78 is 2.08. The van der Waals surface area contributed by atoms with Gasteiger partial charge >= 0.3 is 0 Å².